The third-order valence-electron chi connectivity index (χ3n) is 2.83. The Labute approximate surface area is 122 Å². The molecule has 2 rings (SSSR count). The van der Waals surface area contributed by atoms with Crippen molar-refractivity contribution >= 4 is 10.0 Å². The zero-order chi connectivity index (χ0) is 15.3. The number of hydrogen-bond donors (Lipinski definition) is 1. The van der Waals surface area contributed by atoms with Crippen molar-refractivity contribution in [3.05, 3.63) is 59.7 Å². The van der Waals surface area contributed by atoms with E-state index in [1.54, 1.807) is 30.6 Å². The zero-order valence-electron chi connectivity index (χ0n) is 11.0. The number of nitrogens with zero attached hydrogens (tertiary/aromatic N) is 2. The summed E-state index contributed by atoms with van der Waals surface area (Å²) >= 11 is 0. The monoisotopic (exact) mass is 305 g/mol. The molecule has 2 aromatic rings. The van der Waals surface area contributed by atoms with E-state index in [9.17, 15) is 12.8 Å². The molecule has 1 N–H and O–H groups in total. The van der Waals surface area contributed by atoms with E-state index in [4.69, 9.17) is 5.26 Å². The van der Waals surface area contributed by atoms with Crippen molar-refractivity contribution in [2.75, 3.05) is 6.54 Å². The van der Waals surface area contributed by atoms with Crippen molar-refractivity contribution in [1.29, 1.82) is 5.26 Å². The quantitative estimate of drug-likeness (QED) is 0.909. The highest BCUT2D eigenvalue weighted by atomic mass is 32.2. The third kappa shape index (κ3) is 3.62. The van der Waals surface area contributed by atoms with Crippen LogP contribution < -0.4 is 4.72 Å². The molecule has 0 saturated heterocycles. The van der Waals surface area contributed by atoms with Gasteiger partial charge in [0.15, 0.2) is 0 Å². The molecule has 0 fully saturated rings. The summed E-state index contributed by atoms with van der Waals surface area (Å²) < 4.78 is 40.0. The highest BCUT2D eigenvalue weighted by molar-refractivity contribution is 7.89. The summed E-state index contributed by atoms with van der Waals surface area (Å²) in [6.45, 7) is 0.147. The molecule has 0 bridgehead atoms. The molecule has 0 atom stereocenters. The summed E-state index contributed by atoms with van der Waals surface area (Å²) in [6, 6.07) is 8.64. The summed E-state index contributed by atoms with van der Waals surface area (Å²) in [7, 11) is -3.92. The van der Waals surface area contributed by atoms with Gasteiger partial charge in [0.25, 0.3) is 0 Å². The molecule has 0 spiro atoms. The third-order valence-corrected chi connectivity index (χ3v) is 4.34. The number of hydrogen-bond acceptors (Lipinski definition) is 4. The second kappa shape index (κ2) is 6.43. The lowest BCUT2D eigenvalue weighted by Gasteiger charge is -2.08. The number of sulfonamides is 1. The topological polar surface area (TPSA) is 82.8 Å². The highest BCUT2D eigenvalue weighted by Crippen LogP contribution is 2.17. The van der Waals surface area contributed by atoms with Gasteiger partial charge in [-0.2, -0.15) is 5.26 Å². The van der Waals surface area contributed by atoms with E-state index in [1.165, 1.54) is 12.1 Å². The van der Waals surface area contributed by atoms with E-state index in [2.05, 4.69) is 9.71 Å². The number of benzene rings is 1. The Hall–Kier alpha value is -2.30. The molecule has 0 aliphatic carbocycles. The van der Waals surface area contributed by atoms with Gasteiger partial charge in [-0.15, -0.1) is 0 Å². The number of pyridine rings is 1. The van der Waals surface area contributed by atoms with Crippen LogP contribution in [-0.4, -0.2) is 19.9 Å². The Morgan fingerprint density at radius 1 is 1.24 bits per heavy atom. The first-order chi connectivity index (χ1) is 10.0. The maximum atomic E-state index is 13.4. The van der Waals surface area contributed by atoms with Gasteiger partial charge in [0.05, 0.1) is 0 Å². The molecule has 0 aliphatic rings. The second-order valence-electron chi connectivity index (χ2n) is 4.23. The minimum Gasteiger partial charge on any atom is -0.265 e. The van der Waals surface area contributed by atoms with Crippen LogP contribution in [0.15, 0.2) is 47.6 Å². The fourth-order valence-electron chi connectivity index (χ4n) is 1.79. The average molecular weight is 305 g/mol. The number of nitriles is 1. The normalized spacial score (nSPS) is 11.0. The number of aromatic nitrogens is 1. The van der Waals surface area contributed by atoms with E-state index in [0.29, 0.717) is 6.42 Å². The average Bonchev–Trinajstić information content (AvgIpc) is 2.48. The van der Waals surface area contributed by atoms with Crippen LogP contribution in [-0.2, 0) is 16.4 Å². The van der Waals surface area contributed by atoms with Gasteiger partial charge >= 0.3 is 0 Å². The van der Waals surface area contributed by atoms with Gasteiger partial charge in [-0.1, -0.05) is 6.07 Å². The predicted molar refractivity (Wildman–Crippen MR) is 74.2 cm³/mol. The molecule has 0 aliphatic heterocycles. The lowest BCUT2D eigenvalue weighted by Crippen LogP contribution is -2.27. The number of halogens is 1. The Balaban J connectivity index is 2.13. The molecule has 0 radical (unpaired) electrons. The molecule has 0 unspecified atom stereocenters. The molecule has 5 nitrogen and oxygen atoms in total. The van der Waals surface area contributed by atoms with Crippen LogP contribution >= 0.6 is 0 Å². The summed E-state index contributed by atoms with van der Waals surface area (Å²) in [5, 5.41) is 8.88. The molecule has 0 amide bonds. The zero-order valence-corrected chi connectivity index (χ0v) is 11.8. The van der Waals surface area contributed by atoms with E-state index in [-0.39, 0.29) is 11.4 Å². The largest absolute Gasteiger partial charge is 0.265 e. The van der Waals surface area contributed by atoms with Crippen molar-refractivity contribution in [2.24, 2.45) is 0 Å². The molecule has 7 heteroatoms. The standard InChI is InChI=1S/C14H12FN3O2S/c15-13-2-1-3-14(12(13)10-16)21(19,20)18-9-6-11-4-7-17-8-5-11/h1-5,7-8,18H,6,9H2. The van der Waals surface area contributed by atoms with Gasteiger partial charge in [0.2, 0.25) is 10.0 Å². The Morgan fingerprint density at radius 3 is 2.62 bits per heavy atom. The Bertz CT molecular complexity index is 771. The smallest absolute Gasteiger partial charge is 0.242 e. The van der Waals surface area contributed by atoms with Crippen LogP contribution in [0.4, 0.5) is 4.39 Å². The van der Waals surface area contributed by atoms with E-state index in [1.807, 2.05) is 0 Å². The van der Waals surface area contributed by atoms with Crippen LogP contribution in [0.2, 0.25) is 0 Å². The minimum absolute atomic E-state index is 0.147. The van der Waals surface area contributed by atoms with Crippen molar-refractivity contribution in [1.82, 2.24) is 9.71 Å². The Morgan fingerprint density at radius 2 is 1.95 bits per heavy atom. The van der Waals surface area contributed by atoms with Gasteiger partial charge in [0.1, 0.15) is 22.3 Å². The second-order valence-corrected chi connectivity index (χ2v) is 5.96. The number of rotatable bonds is 5. The molecule has 21 heavy (non-hydrogen) atoms. The first-order valence-corrected chi connectivity index (χ1v) is 7.60. The van der Waals surface area contributed by atoms with Gasteiger partial charge in [-0.25, -0.2) is 17.5 Å². The van der Waals surface area contributed by atoms with Gasteiger partial charge in [-0.05, 0) is 36.2 Å². The van der Waals surface area contributed by atoms with Crippen LogP contribution in [0.5, 0.6) is 0 Å². The number of nitrogens with one attached hydrogen (secondary N) is 1. The lowest BCUT2D eigenvalue weighted by molar-refractivity contribution is 0.576. The summed E-state index contributed by atoms with van der Waals surface area (Å²) in [5.41, 5.74) is 0.446. The van der Waals surface area contributed by atoms with Gasteiger partial charge < -0.3 is 0 Å². The maximum absolute atomic E-state index is 13.4. The molecule has 0 saturated carbocycles. The minimum atomic E-state index is -3.92. The Kier molecular flexibility index (Phi) is 4.62. The van der Waals surface area contributed by atoms with E-state index < -0.39 is 21.4 Å². The van der Waals surface area contributed by atoms with Crippen molar-refractivity contribution in [2.45, 2.75) is 11.3 Å². The van der Waals surface area contributed by atoms with Crippen LogP contribution in [0.1, 0.15) is 11.1 Å². The fourth-order valence-corrected chi connectivity index (χ4v) is 2.99. The maximum Gasteiger partial charge on any atom is 0.242 e. The van der Waals surface area contributed by atoms with E-state index in [0.717, 1.165) is 11.6 Å². The molecule has 1 aromatic carbocycles. The van der Waals surface area contributed by atoms with Crippen LogP contribution in [0.3, 0.4) is 0 Å². The highest BCUT2D eigenvalue weighted by Gasteiger charge is 2.20. The van der Waals surface area contributed by atoms with Crippen molar-refractivity contribution in [3.63, 3.8) is 0 Å². The summed E-state index contributed by atoms with van der Waals surface area (Å²) in [6.07, 6.45) is 3.70. The van der Waals surface area contributed by atoms with Crippen molar-refractivity contribution < 1.29 is 12.8 Å². The summed E-state index contributed by atoms with van der Waals surface area (Å²) in [5.74, 6) is -0.852. The first-order valence-electron chi connectivity index (χ1n) is 6.12. The van der Waals surface area contributed by atoms with Crippen LogP contribution in [0.25, 0.3) is 0 Å². The summed E-state index contributed by atoms with van der Waals surface area (Å²) in [4.78, 5) is 3.52. The molecule has 108 valence electrons. The van der Waals surface area contributed by atoms with Crippen molar-refractivity contribution in [3.8, 4) is 6.07 Å². The molecule has 1 heterocycles. The van der Waals surface area contributed by atoms with Crippen LogP contribution in [0, 0.1) is 17.1 Å². The van der Waals surface area contributed by atoms with Gasteiger partial charge in [0, 0.05) is 18.9 Å². The van der Waals surface area contributed by atoms with Gasteiger partial charge in [-0.3, -0.25) is 4.98 Å². The lowest BCUT2D eigenvalue weighted by atomic mass is 10.2. The molecule has 1 aromatic heterocycles. The fraction of sp³-hybridized carbons (Fsp3) is 0.143. The predicted octanol–water partition coefficient (Wildman–Crippen LogP) is 1.61. The SMILES string of the molecule is N#Cc1c(F)cccc1S(=O)(=O)NCCc1ccncc1. The first kappa shape index (κ1) is 15.1. The molecular formula is C14H12FN3O2S. The van der Waals surface area contributed by atoms with E-state index >= 15 is 0 Å². The molecular weight excluding hydrogens is 293 g/mol.